The van der Waals surface area contributed by atoms with Crippen molar-refractivity contribution in [3.05, 3.63) is 52.3 Å². The third kappa shape index (κ3) is 2.37. The van der Waals surface area contributed by atoms with Gasteiger partial charge in [0.2, 0.25) is 0 Å². The Morgan fingerprint density at radius 2 is 2.17 bits per heavy atom. The normalized spacial score (nSPS) is 10.1. The summed E-state index contributed by atoms with van der Waals surface area (Å²) in [7, 11) is 0. The van der Waals surface area contributed by atoms with E-state index in [1.165, 1.54) is 12.1 Å². The first kappa shape index (κ1) is 11.8. The van der Waals surface area contributed by atoms with Gasteiger partial charge in [-0.05, 0) is 30.7 Å². The summed E-state index contributed by atoms with van der Waals surface area (Å²) in [6, 6.07) is 6.39. The minimum atomic E-state index is -0.506. The predicted octanol–water partition coefficient (Wildman–Crippen LogP) is 2.62. The molecule has 3 N–H and O–H groups in total. The monoisotopic (exact) mass is 244 g/mol. The van der Waals surface area contributed by atoms with Crippen molar-refractivity contribution in [2.75, 3.05) is 11.1 Å². The third-order valence-electron chi connectivity index (χ3n) is 2.54. The van der Waals surface area contributed by atoms with E-state index in [0.717, 1.165) is 11.3 Å². The number of hydrogen-bond donors (Lipinski definition) is 2. The van der Waals surface area contributed by atoms with Crippen LogP contribution in [0.15, 0.2) is 36.7 Å². The number of nitrogens with zero attached hydrogens (tertiary/aromatic N) is 2. The Morgan fingerprint density at radius 1 is 1.39 bits per heavy atom. The molecule has 0 radical (unpaired) electrons. The van der Waals surface area contributed by atoms with E-state index in [-0.39, 0.29) is 11.4 Å². The van der Waals surface area contributed by atoms with Gasteiger partial charge in [0.1, 0.15) is 5.69 Å². The number of nitrogens with one attached hydrogen (secondary N) is 1. The standard InChI is InChI=1S/C12H12N4O2/c1-8-4-5-14-7-11(8)15-9-2-3-12(16(17)18)10(13)6-9/h2-7,15H,13H2,1H3. The van der Waals surface area contributed by atoms with Crippen LogP contribution in [-0.2, 0) is 0 Å². The highest BCUT2D eigenvalue weighted by Crippen LogP contribution is 2.27. The fraction of sp³-hybridized carbons (Fsp3) is 0.0833. The van der Waals surface area contributed by atoms with Crippen molar-refractivity contribution >= 4 is 22.7 Å². The molecule has 92 valence electrons. The molecular formula is C12H12N4O2. The van der Waals surface area contributed by atoms with Crippen LogP contribution >= 0.6 is 0 Å². The first-order valence-electron chi connectivity index (χ1n) is 5.29. The molecule has 1 heterocycles. The molecule has 1 aromatic heterocycles. The predicted molar refractivity (Wildman–Crippen MR) is 69.8 cm³/mol. The highest BCUT2D eigenvalue weighted by atomic mass is 16.6. The number of rotatable bonds is 3. The second-order valence-electron chi connectivity index (χ2n) is 3.85. The molecule has 6 heteroatoms. The van der Waals surface area contributed by atoms with Crippen LogP contribution in [0.25, 0.3) is 0 Å². The lowest BCUT2D eigenvalue weighted by Crippen LogP contribution is -1.98. The molecule has 18 heavy (non-hydrogen) atoms. The minimum Gasteiger partial charge on any atom is -0.393 e. The second-order valence-corrected chi connectivity index (χ2v) is 3.85. The van der Waals surface area contributed by atoms with Crippen LogP contribution in [-0.4, -0.2) is 9.91 Å². The molecule has 2 aromatic rings. The fourth-order valence-corrected chi connectivity index (χ4v) is 1.55. The minimum absolute atomic E-state index is 0.0940. The summed E-state index contributed by atoms with van der Waals surface area (Å²) in [4.78, 5) is 14.1. The van der Waals surface area contributed by atoms with Gasteiger partial charge in [-0.15, -0.1) is 0 Å². The maximum absolute atomic E-state index is 10.6. The van der Waals surface area contributed by atoms with Crippen molar-refractivity contribution in [3.63, 3.8) is 0 Å². The van der Waals surface area contributed by atoms with Crippen LogP contribution in [0, 0.1) is 17.0 Å². The van der Waals surface area contributed by atoms with E-state index in [4.69, 9.17) is 5.73 Å². The van der Waals surface area contributed by atoms with Gasteiger partial charge in [0.25, 0.3) is 5.69 Å². The molecule has 0 aliphatic heterocycles. The number of nitro benzene ring substituents is 1. The average molecular weight is 244 g/mol. The van der Waals surface area contributed by atoms with Gasteiger partial charge in [0, 0.05) is 18.0 Å². The quantitative estimate of drug-likeness (QED) is 0.491. The van der Waals surface area contributed by atoms with Crippen molar-refractivity contribution in [1.82, 2.24) is 4.98 Å². The Kier molecular flexibility index (Phi) is 3.09. The van der Waals surface area contributed by atoms with Gasteiger partial charge in [-0.1, -0.05) is 0 Å². The van der Waals surface area contributed by atoms with Gasteiger partial charge in [0.15, 0.2) is 0 Å². The molecule has 6 nitrogen and oxygen atoms in total. The van der Waals surface area contributed by atoms with E-state index in [1.54, 1.807) is 18.5 Å². The van der Waals surface area contributed by atoms with Gasteiger partial charge >= 0.3 is 0 Å². The lowest BCUT2D eigenvalue weighted by atomic mass is 10.2. The van der Waals surface area contributed by atoms with Crippen LogP contribution < -0.4 is 11.1 Å². The van der Waals surface area contributed by atoms with E-state index in [1.807, 2.05) is 13.0 Å². The van der Waals surface area contributed by atoms with Crippen LogP contribution in [0.2, 0.25) is 0 Å². The fourth-order valence-electron chi connectivity index (χ4n) is 1.55. The number of aromatic nitrogens is 1. The van der Waals surface area contributed by atoms with Crippen LogP contribution in [0.1, 0.15) is 5.56 Å². The highest BCUT2D eigenvalue weighted by Gasteiger charge is 2.11. The summed E-state index contributed by atoms with van der Waals surface area (Å²) < 4.78 is 0. The number of nitrogen functional groups attached to an aromatic ring is 1. The Bertz CT molecular complexity index is 598. The lowest BCUT2D eigenvalue weighted by molar-refractivity contribution is -0.383. The Balaban J connectivity index is 2.29. The summed E-state index contributed by atoms with van der Waals surface area (Å²) in [5.41, 5.74) is 8.21. The number of nitro groups is 1. The van der Waals surface area contributed by atoms with E-state index < -0.39 is 4.92 Å². The number of nitrogens with two attached hydrogens (primary N) is 1. The smallest absolute Gasteiger partial charge is 0.292 e. The van der Waals surface area contributed by atoms with Crippen LogP contribution in [0.3, 0.4) is 0 Å². The number of hydrogen-bond acceptors (Lipinski definition) is 5. The zero-order valence-electron chi connectivity index (χ0n) is 9.75. The van der Waals surface area contributed by atoms with Gasteiger partial charge in [0.05, 0.1) is 16.8 Å². The molecule has 0 aliphatic rings. The number of anilines is 3. The maximum atomic E-state index is 10.6. The number of aryl methyl sites for hydroxylation is 1. The topological polar surface area (TPSA) is 94.1 Å². The Labute approximate surface area is 104 Å². The summed E-state index contributed by atoms with van der Waals surface area (Å²) in [6.45, 7) is 1.94. The van der Waals surface area contributed by atoms with Gasteiger partial charge in [-0.25, -0.2) is 0 Å². The highest BCUT2D eigenvalue weighted by molar-refractivity contribution is 5.70. The maximum Gasteiger partial charge on any atom is 0.292 e. The first-order valence-corrected chi connectivity index (χ1v) is 5.29. The lowest BCUT2D eigenvalue weighted by Gasteiger charge is -2.09. The first-order chi connectivity index (χ1) is 8.58. The molecule has 0 spiro atoms. The van der Waals surface area contributed by atoms with Crippen molar-refractivity contribution in [3.8, 4) is 0 Å². The molecule has 0 saturated heterocycles. The summed E-state index contributed by atoms with van der Waals surface area (Å²) in [5, 5.41) is 13.8. The van der Waals surface area contributed by atoms with Crippen molar-refractivity contribution in [2.24, 2.45) is 0 Å². The number of benzene rings is 1. The summed E-state index contributed by atoms with van der Waals surface area (Å²) in [5.74, 6) is 0. The third-order valence-corrected chi connectivity index (χ3v) is 2.54. The Hall–Kier alpha value is -2.63. The van der Waals surface area contributed by atoms with E-state index in [2.05, 4.69) is 10.3 Å². The van der Waals surface area contributed by atoms with Crippen LogP contribution in [0.4, 0.5) is 22.7 Å². The molecular weight excluding hydrogens is 232 g/mol. The molecule has 0 saturated carbocycles. The second kappa shape index (κ2) is 4.70. The van der Waals surface area contributed by atoms with Crippen molar-refractivity contribution in [1.29, 1.82) is 0 Å². The molecule has 0 aliphatic carbocycles. The van der Waals surface area contributed by atoms with E-state index in [9.17, 15) is 10.1 Å². The summed E-state index contributed by atoms with van der Waals surface area (Å²) >= 11 is 0. The van der Waals surface area contributed by atoms with Crippen molar-refractivity contribution in [2.45, 2.75) is 6.92 Å². The van der Waals surface area contributed by atoms with E-state index in [0.29, 0.717) is 5.69 Å². The van der Waals surface area contributed by atoms with Gasteiger partial charge in [-0.3, -0.25) is 15.1 Å². The zero-order valence-corrected chi connectivity index (χ0v) is 9.75. The zero-order chi connectivity index (χ0) is 13.1. The molecule has 0 fully saturated rings. The van der Waals surface area contributed by atoms with Gasteiger partial charge < -0.3 is 11.1 Å². The molecule has 0 unspecified atom stereocenters. The molecule has 0 atom stereocenters. The molecule has 2 rings (SSSR count). The Morgan fingerprint density at radius 3 is 2.78 bits per heavy atom. The molecule has 1 aromatic carbocycles. The largest absolute Gasteiger partial charge is 0.393 e. The summed E-state index contributed by atoms with van der Waals surface area (Å²) in [6.07, 6.45) is 3.39. The van der Waals surface area contributed by atoms with Crippen molar-refractivity contribution < 1.29 is 4.92 Å². The molecule has 0 bridgehead atoms. The van der Waals surface area contributed by atoms with E-state index >= 15 is 0 Å². The SMILES string of the molecule is Cc1ccncc1Nc1ccc([N+](=O)[O-])c(N)c1. The molecule has 0 amide bonds. The average Bonchev–Trinajstić information content (AvgIpc) is 2.32. The van der Waals surface area contributed by atoms with Gasteiger partial charge in [-0.2, -0.15) is 0 Å². The number of pyridine rings is 1. The van der Waals surface area contributed by atoms with Crippen LogP contribution in [0.5, 0.6) is 0 Å².